The van der Waals surface area contributed by atoms with Gasteiger partial charge in [0.05, 0.1) is 0 Å². The van der Waals surface area contributed by atoms with Gasteiger partial charge in [-0.05, 0) is 106 Å². The Morgan fingerprint density at radius 3 is 1.59 bits per heavy atom. The number of para-hydroxylation sites is 2. The van der Waals surface area contributed by atoms with Crippen molar-refractivity contribution < 1.29 is 0 Å². The number of hydrogen-bond donors (Lipinski definition) is 3. The fourth-order valence-electron chi connectivity index (χ4n) is 10.2. The van der Waals surface area contributed by atoms with Gasteiger partial charge in [-0.25, -0.2) is 0 Å². The number of nitrogens with one attached hydrogen (secondary N) is 3. The molecule has 3 nitrogen and oxygen atoms in total. The van der Waals surface area contributed by atoms with Crippen LogP contribution in [0.2, 0.25) is 0 Å². The Hall–Kier alpha value is -1.84. The Kier molecular flexibility index (Phi) is 9.01. The third-order valence-corrected chi connectivity index (χ3v) is 12.2. The standard InChI is InChI=1S/2C13H23N.C12H9N/c1-3-7-12-10(5-1)9-11-6-2-4-8-13(11)14-12;1-2-6-11-10(5-1)9-14-13-8-4-3-7-12(11)13;1-3-7-11-9(5-1)10-6-2-4-8-12(10)13-11/h2*10-14H,1-9H2;1-8,13H. The molecule has 4 saturated carbocycles. The van der Waals surface area contributed by atoms with Crippen molar-refractivity contribution in [3.05, 3.63) is 48.5 Å². The molecule has 2 saturated heterocycles. The van der Waals surface area contributed by atoms with Crippen LogP contribution in [0, 0.1) is 29.6 Å². The van der Waals surface area contributed by atoms with Crippen LogP contribution in [0.1, 0.15) is 109 Å². The van der Waals surface area contributed by atoms with Crippen LogP contribution in [0.5, 0.6) is 0 Å². The molecule has 2 aliphatic heterocycles. The van der Waals surface area contributed by atoms with Crippen LogP contribution in [0.3, 0.4) is 0 Å². The monoisotopic (exact) mass is 553 g/mol. The van der Waals surface area contributed by atoms with E-state index in [0.717, 1.165) is 47.7 Å². The molecule has 3 aromatic rings. The summed E-state index contributed by atoms with van der Waals surface area (Å²) >= 11 is 0. The van der Waals surface area contributed by atoms with Crippen LogP contribution >= 0.6 is 0 Å². The molecule has 0 spiro atoms. The molecule has 0 radical (unpaired) electrons. The normalized spacial score (nSPS) is 36.3. The van der Waals surface area contributed by atoms with E-state index in [0.29, 0.717) is 0 Å². The Morgan fingerprint density at radius 2 is 0.951 bits per heavy atom. The quantitative estimate of drug-likeness (QED) is 0.259. The maximum Gasteiger partial charge on any atom is 0.0464 e. The number of fused-ring (bicyclic) bond motifs is 8. The lowest BCUT2D eigenvalue weighted by Gasteiger charge is -2.48. The van der Waals surface area contributed by atoms with E-state index in [4.69, 9.17) is 0 Å². The van der Waals surface area contributed by atoms with E-state index in [1.54, 1.807) is 12.8 Å². The number of piperidine rings is 2. The first kappa shape index (κ1) is 28.0. The zero-order chi connectivity index (χ0) is 27.4. The zero-order valence-corrected chi connectivity index (χ0v) is 25.5. The summed E-state index contributed by atoms with van der Waals surface area (Å²) in [5, 5.41) is 10.4. The number of aromatic nitrogens is 1. The van der Waals surface area contributed by atoms with Gasteiger partial charge in [-0.2, -0.15) is 0 Å². The summed E-state index contributed by atoms with van der Waals surface area (Å²) in [5.41, 5.74) is 2.42. The number of rotatable bonds is 0. The van der Waals surface area contributed by atoms with E-state index in [-0.39, 0.29) is 0 Å². The largest absolute Gasteiger partial charge is 0.355 e. The molecule has 8 unspecified atom stereocenters. The molecule has 4 aliphatic carbocycles. The average molecular weight is 554 g/mol. The summed E-state index contributed by atoms with van der Waals surface area (Å²) in [4.78, 5) is 3.38. The number of H-pyrrole nitrogens is 1. The average Bonchev–Trinajstić information content (AvgIpc) is 3.43. The van der Waals surface area contributed by atoms with Crippen molar-refractivity contribution in [1.82, 2.24) is 15.6 Å². The smallest absolute Gasteiger partial charge is 0.0464 e. The molecule has 6 aliphatic rings. The minimum absolute atomic E-state index is 0.906. The fraction of sp³-hybridized carbons (Fsp3) is 0.684. The summed E-state index contributed by atoms with van der Waals surface area (Å²) in [6.07, 6.45) is 25.5. The van der Waals surface area contributed by atoms with Crippen molar-refractivity contribution in [1.29, 1.82) is 0 Å². The highest BCUT2D eigenvalue weighted by Gasteiger charge is 2.41. The molecule has 3 heteroatoms. The minimum atomic E-state index is 0.906. The molecule has 2 aromatic carbocycles. The van der Waals surface area contributed by atoms with Crippen LogP contribution in [0.15, 0.2) is 48.5 Å². The Bertz CT molecular complexity index is 1130. The molecule has 6 fully saturated rings. The first-order valence-corrected chi connectivity index (χ1v) is 17.8. The molecule has 8 atom stereocenters. The van der Waals surface area contributed by atoms with Gasteiger partial charge in [0.15, 0.2) is 0 Å². The lowest BCUT2D eigenvalue weighted by Crippen LogP contribution is -2.54. The SMILES string of the molecule is C1CCC2C(C1)CNC1CCCCC12.C1CCC2NC3CCCCC3CC2C1.c1ccc2c(c1)[nH]c1ccccc12. The van der Waals surface area contributed by atoms with Crippen molar-refractivity contribution in [2.75, 3.05) is 6.54 Å². The minimum Gasteiger partial charge on any atom is -0.355 e. The van der Waals surface area contributed by atoms with Gasteiger partial charge in [0.1, 0.15) is 0 Å². The third kappa shape index (κ3) is 6.28. The first-order chi connectivity index (χ1) is 20.3. The van der Waals surface area contributed by atoms with E-state index in [2.05, 4.69) is 64.1 Å². The van der Waals surface area contributed by atoms with E-state index in [1.165, 1.54) is 125 Å². The van der Waals surface area contributed by atoms with Crippen molar-refractivity contribution in [3.8, 4) is 0 Å². The van der Waals surface area contributed by atoms with Gasteiger partial charge in [-0.3, -0.25) is 0 Å². The van der Waals surface area contributed by atoms with E-state index in [1.807, 2.05) is 0 Å². The number of hydrogen-bond acceptors (Lipinski definition) is 2. The highest BCUT2D eigenvalue weighted by Crippen LogP contribution is 2.44. The molecular formula is C38H55N3. The summed E-state index contributed by atoms with van der Waals surface area (Å²) in [5.74, 6) is 5.30. The number of benzene rings is 2. The number of aromatic amines is 1. The highest BCUT2D eigenvalue weighted by atomic mass is 15.0. The molecule has 1 aromatic heterocycles. The summed E-state index contributed by atoms with van der Waals surface area (Å²) in [6.45, 7) is 1.34. The maximum atomic E-state index is 3.96. The van der Waals surface area contributed by atoms with Gasteiger partial charge in [-0.15, -0.1) is 0 Å². The summed E-state index contributed by atoms with van der Waals surface area (Å²) in [7, 11) is 0. The highest BCUT2D eigenvalue weighted by molar-refractivity contribution is 6.06. The molecule has 0 bridgehead atoms. The third-order valence-electron chi connectivity index (χ3n) is 12.2. The Morgan fingerprint density at radius 1 is 0.463 bits per heavy atom. The second-order valence-electron chi connectivity index (χ2n) is 14.6. The summed E-state index contributed by atoms with van der Waals surface area (Å²) in [6, 6.07) is 19.5. The Labute approximate surface area is 249 Å². The van der Waals surface area contributed by atoms with E-state index >= 15 is 0 Å². The van der Waals surface area contributed by atoms with Gasteiger partial charge in [-0.1, -0.05) is 87.8 Å². The Balaban J connectivity index is 0.000000101. The maximum absolute atomic E-state index is 3.96. The summed E-state index contributed by atoms with van der Waals surface area (Å²) < 4.78 is 0. The van der Waals surface area contributed by atoms with Crippen LogP contribution in [-0.4, -0.2) is 29.7 Å². The molecule has 41 heavy (non-hydrogen) atoms. The molecule has 222 valence electrons. The van der Waals surface area contributed by atoms with Gasteiger partial charge in [0.2, 0.25) is 0 Å². The second-order valence-corrected chi connectivity index (χ2v) is 14.6. The molecule has 9 rings (SSSR count). The lowest BCUT2D eigenvalue weighted by atomic mass is 9.64. The molecule has 3 N–H and O–H groups in total. The van der Waals surface area contributed by atoms with Crippen LogP contribution < -0.4 is 10.6 Å². The molecule has 3 heterocycles. The predicted octanol–water partition coefficient (Wildman–Crippen LogP) is 9.37. The van der Waals surface area contributed by atoms with Gasteiger partial charge in [0.25, 0.3) is 0 Å². The van der Waals surface area contributed by atoms with Gasteiger partial charge >= 0.3 is 0 Å². The van der Waals surface area contributed by atoms with E-state index < -0.39 is 0 Å². The molecular weight excluding hydrogens is 498 g/mol. The van der Waals surface area contributed by atoms with Crippen LogP contribution in [0.25, 0.3) is 21.8 Å². The molecule has 0 amide bonds. The zero-order valence-electron chi connectivity index (χ0n) is 25.5. The van der Waals surface area contributed by atoms with Crippen LogP contribution in [0.4, 0.5) is 0 Å². The first-order valence-electron chi connectivity index (χ1n) is 17.8. The van der Waals surface area contributed by atoms with Crippen molar-refractivity contribution >= 4 is 21.8 Å². The van der Waals surface area contributed by atoms with Gasteiger partial charge in [0, 0.05) is 39.9 Å². The topological polar surface area (TPSA) is 39.8 Å². The second kappa shape index (κ2) is 13.2. The van der Waals surface area contributed by atoms with Crippen molar-refractivity contribution in [2.24, 2.45) is 29.6 Å². The van der Waals surface area contributed by atoms with E-state index in [9.17, 15) is 0 Å². The predicted molar refractivity (Wildman–Crippen MR) is 174 cm³/mol. The van der Waals surface area contributed by atoms with Crippen molar-refractivity contribution in [2.45, 2.75) is 127 Å². The van der Waals surface area contributed by atoms with Gasteiger partial charge < -0.3 is 15.6 Å². The van der Waals surface area contributed by atoms with Crippen LogP contribution in [-0.2, 0) is 0 Å². The fourth-order valence-corrected chi connectivity index (χ4v) is 10.2. The lowest BCUT2D eigenvalue weighted by molar-refractivity contribution is 0.0555. The van der Waals surface area contributed by atoms with Crippen molar-refractivity contribution in [3.63, 3.8) is 0 Å².